The van der Waals surface area contributed by atoms with Gasteiger partial charge in [-0.3, -0.25) is 9.69 Å². The first kappa shape index (κ1) is 18.4. The van der Waals surface area contributed by atoms with E-state index in [1.165, 1.54) is 25.7 Å². The van der Waals surface area contributed by atoms with Crippen molar-refractivity contribution in [2.45, 2.75) is 51.9 Å². The van der Waals surface area contributed by atoms with Crippen LogP contribution in [0.4, 0.5) is 0 Å². The summed E-state index contributed by atoms with van der Waals surface area (Å²) >= 11 is 0. The highest BCUT2D eigenvalue weighted by atomic mass is 32.2. The first-order chi connectivity index (χ1) is 10.0. The number of hydrogen-bond donors (Lipinski definition) is 0. The fourth-order valence-electron chi connectivity index (χ4n) is 2.38. The molecule has 0 aromatic rings. The summed E-state index contributed by atoms with van der Waals surface area (Å²) < 4.78 is 27.8. The lowest BCUT2D eigenvalue weighted by atomic mass is 10.1. The Balaban J connectivity index is 1.96. The third kappa shape index (κ3) is 9.09. The van der Waals surface area contributed by atoms with Gasteiger partial charge < -0.3 is 4.74 Å². The summed E-state index contributed by atoms with van der Waals surface area (Å²) in [4.78, 5) is 13.6. The van der Waals surface area contributed by atoms with Crippen LogP contribution < -0.4 is 0 Å². The number of ether oxygens (including phenoxy) is 1. The van der Waals surface area contributed by atoms with Crippen LogP contribution in [-0.4, -0.2) is 57.0 Å². The first-order valence-corrected chi connectivity index (χ1v) is 9.94. The van der Waals surface area contributed by atoms with Crippen LogP contribution in [-0.2, 0) is 19.4 Å². The zero-order valence-corrected chi connectivity index (χ0v) is 14.0. The number of sulfone groups is 1. The Labute approximate surface area is 129 Å². The molecule has 1 fully saturated rings. The minimum Gasteiger partial charge on any atom is -0.464 e. The van der Waals surface area contributed by atoms with Crippen LogP contribution in [0.2, 0.25) is 0 Å². The summed E-state index contributed by atoms with van der Waals surface area (Å²) in [6.07, 6.45) is 7.47. The second kappa shape index (κ2) is 10.2. The first-order valence-electron chi connectivity index (χ1n) is 8.12. The van der Waals surface area contributed by atoms with Gasteiger partial charge in [0.1, 0.15) is 6.61 Å². The molecule has 1 aliphatic rings. The van der Waals surface area contributed by atoms with Crippen molar-refractivity contribution in [3.8, 4) is 0 Å². The molecule has 1 saturated heterocycles. The van der Waals surface area contributed by atoms with Gasteiger partial charge in [-0.25, -0.2) is 8.42 Å². The fourth-order valence-corrected chi connectivity index (χ4v) is 3.66. The van der Waals surface area contributed by atoms with Crippen LogP contribution >= 0.6 is 0 Å². The van der Waals surface area contributed by atoms with E-state index in [-0.39, 0.29) is 17.5 Å². The van der Waals surface area contributed by atoms with Crippen molar-refractivity contribution in [3.05, 3.63) is 0 Å². The molecule has 0 aromatic heterocycles. The molecule has 0 aromatic carbocycles. The Morgan fingerprint density at radius 2 is 1.67 bits per heavy atom. The van der Waals surface area contributed by atoms with E-state index < -0.39 is 9.84 Å². The molecule has 0 radical (unpaired) electrons. The third-order valence-electron chi connectivity index (χ3n) is 3.84. The molecule has 1 rings (SSSR count). The van der Waals surface area contributed by atoms with E-state index in [0.29, 0.717) is 32.7 Å². The molecular weight excluding hydrogens is 290 g/mol. The largest absolute Gasteiger partial charge is 0.464 e. The van der Waals surface area contributed by atoms with Gasteiger partial charge in [0.2, 0.25) is 0 Å². The van der Waals surface area contributed by atoms with Crippen molar-refractivity contribution < 1.29 is 17.9 Å². The lowest BCUT2D eigenvalue weighted by molar-refractivity contribution is -0.144. The molecule has 0 unspecified atom stereocenters. The van der Waals surface area contributed by atoms with Gasteiger partial charge in [-0.05, 0) is 6.42 Å². The molecule has 124 valence electrons. The summed E-state index contributed by atoms with van der Waals surface area (Å²) in [7, 11) is -2.83. The van der Waals surface area contributed by atoms with Crippen LogP contribution in [0.3, 0.4) is 0 Å². The van der Waals surface area contributed by atoms with E-state index in [1.807, 2.05) is 4.90 Å². The summed E-state index contributed by atoms with van der Waals surface area (Å²) in [5.41, 5.74) is 0. The van der Waals surface area contributed by atoms with Gasteiger partial charge in [-0.15, -0.1) is 0 Å². The van der Waals surface area contributed by atoms with Gasteiger partial charge in [-0.1, -0.05) is 39.0 Å². The second-order valence-electron chi connectivity index (χ2n) is 5.73. The molecule has 0 N–H and O–H groups in total. The molecule has 0 amide bonds. The van der Waals surface area contributed by atoms with Gasteiger partial charge in [0.15, 0.2) is 9.84 Å². The van der Waals surface area contributed by atoms with Gasteiger partial charge in [0.05, 0.1) is 11.5 Å². The van der Waals surface area contributed by atoms with Crippen molar-refractivity contribution in [1.82, 2.24) is 4.90 Å². The lowest BCUT2D eigenvalue weighted by Crippen LogP contribution is -2.41. The number of hydrogen-bond acceptors (Lipinski definition) is 5. The van der Waals surface area contributed by atoms with Crippen LogP contribution in [0, 0.1) is 0 Å². The molecule has 5 nitrogen and oxygen atoms in total. The van der Waals surface area contributed by atoms with Crippen LogP contribution in [0.25, 0.3) is 0 Å². The zero-order valence-electron chi connectivity index (χ0n) is 13.2. The Morgan fingerprint density at radius 1 is 1.05 bits per heavy atom. The highest BCUT2D eigenvalue weighted by molar-refractivity contribution is 7.91. The maximum atomic E-state index is 11.5. The number of carbonyl (C=O) groups is 1. The number of nitrogens with zero attached hydrogens (tertiary/aromatic N) is 1. The van der Waals surface area contributed by atoms with E-state index in [2.05, 4.69) is 6.92 Å². The number of unbranched alkanes of at least 4 members (excludes halogenated alkanes) is 5. The lowest BCUT2D eigenvalue weighted by Gasteiger charge is -2.26. The average molecular weight is 319 g/mol. The normalized spacial score (nSPS) is 18.5. The van der Waals surface area contributed by atoms with E-state index in [4.69, 9.17) is 4.74 Å². The van der Waals surface area contributed by atoms with E-state index in [0.717, 1.165) is 12.8 Å². The number of rotatable bonds is 10. The SMILES string of the molecule is CCCCCCCCC(=O)OCCN1CCS(=O)(=O)CC1. The van der Waals surface area contributed by atoms with Crippen molar-refractivity contribution in [1.29, 1.82) is 0 Å². The highest BCUT2D eigenvalue weighted by Gasteiger charge is 2.21. The molecule has 0 aliphatic carbocycles. The monoisotopic (exact) mass is 319 g/mol. The quantitative estimate of drug-likeness (QED) is 0.455. The molecule has 21 heavy (non-hydrogen) atoms. The number of carbonyl (C=O) groups excluding carboxylic acids is 1. The summed E-state index contributed by atoms with van der Waals surface area (Å²) in [5, 5.41) is 0. The van der Waals surface area contributed by atoms with Gasteiger partial charge >= 0.3 is 5.97 Å². The van der Waals surface area contributed by atoms with Crippen LogP contribution in [0.5, 0.6) is 0 Å². The number of esters is 1. The van der Waals surface area contributed by atoms with Gasteiger partial charge in [0, 0.05) is 26.1 Å². The summed E-state index contributed by atoms with van der Waals surface area (Å²) in [6, 6.07) is 0. The van der Waals surface area contributed by atoms with Crippen molar-refractivity contribution in [3.63, 3.8) is 0 Å². The van der Waals surface area contributed by atoms with Crippen molar-refractivity contribution in [2.75, 3.05) is 37.7 Å². The minimum atomic E-state index is -2.83. The molecule has 0 bridgehead atoms. The maximum absolute atomic E-state index is 11.5. The van der Waals surface area contributed by atoms with Crippen LogP contribution in [0.15, 0.2) is 0 Å². The Bertz CT molecular complexity index is 380. The highest BCUT2D eigenvalue weighted by Crippen LogP contribution is 2.08. The Kier molecular flexibility index (Phi) is 8.92. The predicted molar refractivity (Wildman–Crippen MR) is 84.0 cm³/mol. The predicted octanol–water partition coefficient (Wildman–Crippen LogP) is 2.01. The van der Waals surface area contributed by atoms with E-state index in [9.17, 15) is 13.2 Å². The average Bonchev–Trinajstić information content (AvgIpc) is 2.44. The smallest absolute Gasteiger partial charge is 0.305 e. The second-order valence-corrected chi connectivity index (χ2v) is 8.04. The fraction of sp³-hybridized carbons (Fsp3) is 0.933. The standard InChI is InChI=1S/C15H29NO4S/c1-2-3-4-5-6-7-8-15(17)20-12-9-16-10-13-21(18,19)14-11-16/h2-14H2,1H3. The molecule has 0 spiro atoms. The topological polar surface area (TPSA) is 63.7 Å². The summed E-state index contributed by atoms with van der Waals surface area (Å²) in [5.74, 6) is 0.312. The van der Waals surface area contributed by atoms with E-state index in [1.54, 1.807) is 0 Å². The van der Waals surface area contributed by atoms with Gasteiger partial charge in [-0.2, -0.15) is 0 Å². The van der Waals surface area contributed by atoms with E-state index >= 15 is 0 Å². The molecule has 0 atom stereocenters. The molecule has 0 saturated carbocycles. The molecule has 1 heterocycles. The minimum absolute atomic E-state index is 0.130. The molecule has 1 aliphatic heterocycles. The summed E-state index contributed by atoms with van der Waals surface area (Å²) in [6.45, 7) is 4.30. The third-order valence-corrected chi connectivity index (χ3v) is 5.45. The Morgan fingerprint density at radius 3 is 2.33 bits per heavy atom. The zero-order chi connectivity index (χ0) is 15.6. The maximum Gasteiger partial charge on any atom is 0.305 e. The molecule has 6 heteroatoms. The Hall–Kier alpha value is -0.620. The van der Waals surface area contributed by atoms with Crippen molar-refractivity contribution >= 4 is 15.8 Å². The van der Waals surface area contributed by atoms with Crippen molar-refractivity contribution in [2.24, 2.45) is 0 Å². The van der Waals surface area contributed by atoms with Crippen LogP contribution in [0.1, 0.15) is 51.9 Å². The van der Waals surface area contributed by atoms with Gasteiger partial charge in [0.25, 0.3) is 0 Å². The molecular formula is C15H29NO4S.